The van der Waals surface area contributed by atoms with Gasteiger partial charge >= 0.3 is 0 Å². The number of anilines is 1. The van der Waals surface area contributed by atoms with Crippen molar-refractivity contribution in [2.75, 3.05) is 12.0 Å². The molecule has 0 aliphatic carbocycles. The molecule has 2 aromatic carbocycles. The number of halogens is 1. The van der Waals surface area contributed by atoms with Crippen molar-refractivity contribution in [1.29, 1.82) is 0 Å². The maximum absolute atomic E-state index is 13.5. The van der Waals surface area contributed by atoms with Gasteiger partial charge in [-0.05, 0) is 63.2 Å². The van der Waals surface area contributed by atoms with Crippen LogP contribution in [0.2, 0.25) is 0 Å². The van der Waals surface area contributed by atoms with Gasteiger partial charge in [0.1, 0.15) is 16.5 Å². The molecule has 0 radical (unpaired) electrons. The largest absolute Gasteiger partial charge is 0.495 e. The summed E-state index contributed by atoms with van der Waals surface area (Å²) in [6.07, 6.45) is 0. The molecule has 7 nitrogen and oxygen atoms in total. The number of sulfonamides is 1. The van der Waals surface area contributed by atoms with Crippen LogP contribution in [0.15, 0.2) is 52.7 Å². The number of thiazole rings is 1. The summed E-state index contributed by atoms with van der Waals surface area (Å²) < 4.78 is 46.8. The number of ether oxygens (including phenoxy) is 1. The lowest BCUT2D eigenvalue weighted by Crippen LogP contribution is -2.32. The van der Waals surface area contributed by atoms with Gasteiger partial charge in [-0.15, -0.1) is 11.3 Å². The van der Waals surface area contributed by atoms with Gasteiger partial charge in [0.15, 0.2) is 0 Å². The molecular weight excluding hydrogens is 453 g/mol. The number of methoxy groups -OCH3 is 1. The monoisotopic (exact) mass is 477 g/mol. The van der Waals surface area contributed by atoms with E-state index in [1.807, 2.05) is 12.3 Å². The Kier molecular flexibility index (Phi) is 7.27. The number of nitrogens with one attached hydrogen (secondary N) is 1. The summed E-state index contributed by atoms with van der Waals surface area (Å²) in [7, 11) is -2.55. The maximum Gasteiger partial charge on any atom is 0.258 e. The lowest BCUT2D eigenvalue weighted by Gasteiger charge is -2.23. The third-order valence-corrected chi connectivity index (χ3v) is 6.96. The third-order valence-electron chi connectivity index (χ3n) is 4.46. The molecule has 0 atom stereocenters. The zero-order valence-electron chi connectivity index (χ0n) is 18.1. The van der Waals surface area contributed by atoms with Gasteiger partial charge in [0.2, 0.25) is 10.0 Å². The zero-order chi connectivity index (χ0) is 23.5. The van der Waals surface area contributed by atoms with E-state index >= 15 is 0 Å². The summed E-state index contributed by atoms with van der Waals surface area (Å²) in [5, 5.41) is 2.69. The molecule has 10 heteroatoms. The van der Waals surface area contributed by atoms with E-state index in [0.29, 0.717) is 11.4 Å². The van der Waals surface area contributed by atoms with Crippen molar-refractivity contribution in [3.05, 3.63) is 69.9 Å². The summed E-state index contributed by atoms with van der Waals surface area (Å²) >= 11 is 1.45. The molecule has 1 N–H and O–H groups in total. The first-order valence-electron chi connectivity index (χ1n) is 9.79. The molecule has 0 unspecified atom stereocenters. The molecule has 0 fully saturated rings. The van der Waals surface area contributed by atoms with Gasteiger partial charge < -0.3 is 9.64 Å². The second kappa shape index (κ2) is 9.76. The Bertz CT molecular complexity index is 1210. The molecule has 0 spiro atoms. The first kappa shape index (κ1) is 23.8. The Morgan fingerprint density at radius 2 is 1.91 bits per heavy atom. The van der Waals surface area contributed by atoms with E-state index < -0.39 is 21.7 Å². The van der Waals surface area contributed by atoms with Gasteiger partial charge in [-0.3, -0.25) is 4.79 Å². The predicted molar refractivity (Wildman–Crippen MR) is 122 cm³/mol. The van der Waals surface area contributed by atoms with Gasteiger partial charge in [0, 0.05) is 22.7 Å². The molecule has 170 valence electrons. The summed E-state index contributed by atoms with van der Waals surface area (Å²) in [5.41, 5.74) is 1.28. The molecule has 32 heavy (non-hydrogen) atoms. The second-order valence-corrected chi connectivity index (χ2v) is 10.1. The van der Waals surface area contributed by atoms with Crippen molar-refractivity contribution in [2.24, 2.45) is 0 Å². The molecular formula is C22H24FN3O4S2. The third kappa shape index (κ3) is 5.50. The molecule has 3 aromatic rings. The SMILES string of the molecule is COc1ccc(C(=O)N(Cc2csc(C)n2)c2ccc(F)cc2)cc1S(=O)(=O)NC(C)C. The number of aryl methyl sites for hydroxylation is 1. The van der Waals surface area contributed by atoms with Crippen LogP contribution >= 0.6 is 11.3 Å². The van der Waals surface area contributed by atoms with Crippen LogP contribution < -0.4 is 14.4 Å². The Balaban J connectivity index is 2.05. The minimum absolute atomic E-state index is 0.123. The minimum atomic E-state index is -3.92. The van der Waals surface area contributed by atoms with E-state index in [1.165, 1.54) is 65.8 Å². The van der Waals surface area contributed by atoms with Gasteiger partial charge in [-0.2, -0.15) is 0 Å². The molecule has 1 amide bonds. The molecule has 1 heterocycles. The fourth-order valence-electron chi connectivity index (χ4n) is 3.09. The van der Waals surface area contributed by atoms with E-state index in [9.17, 15) is 17.6 Å². The first-order chi connectivity index (χ1) is 15.1. The number of aromatic nitrogens is 1. The van der Waals surface area contributed by atoms with Crippen LogP contribution in [-0.4, -0.2) is 32.5 Å². The van der Waals surface area contributed by atoms with E-state index in [4.69, 9.17) is 4.74 Å². The molecule has 0 bridgehead atoms. The Morgan fingerprint density at radius 3 is 2.47 bits per heavy atom. The second-order valence-electron chi connectivity index (χ2n) is 7.37. The number of amides is 1. The molecule has 0 aliphatic rings. The van der Waals surface area contributed by atoms with Crippen LogP contribution in [-0.2, 0) is 16.6 Å². The molecule has 0 saturated carbocycles. The van der Waals surface area contributed by atoms with Crippen LogP contribution in [0.5, 0.6) is 5.75 Å². The molecule has 1 aromatic heterocycles. The number of hydrogen-bond donors (Lipinski definition) is 1. The lowest BCUT2D eigenvalue weighted by atomic mass is 10.1. The van der Waals surface area contributed by atoms with Gasteiger partial charge in [0.05, 0.1) is 24.4 Å². The number of nitrogens with zero attached hydrogens (tertiary/aromatic N) is 2. The number of benzene rings is 2. The van der Waals surface area contributed by atoms with Crippen molar-refractivity contribution < 1.29 is 22.3 Å². The van der Waals surface area contributed by atoms with Crippen LogP contribution in [0, 0.1) is 12.7 Å². The normalized spacial score (nSPS) is 11.6. The maximum atomic E-state index is 13.5. The van der Waals surface area contributed by atoms with Crippen molar-refractivity contribution in [3.8, 4) is 5.75 Å². The zero-order valence-corrected chi connectivity index (χ0v) is 19.8. The number of hydrogen-bond acceptors (Lipinski definition) is 6. The van der Waals surface area contributed by atoms with Crippen molar-refractivity contribution in [2.45, 2.75) is 38.3 Å². The summed E-state index contributed by atoms with van der Waals surface area (Å²) in [4.78, 5) is 19.2. The van der Waals surface area contributed by atoms with Gasteiger partial charge in [0.25, 0.3) is 5.91 Å². The van der Waals surface area contributed by atoms with Gasteiger partial charge in [-0.1, -0.05) is 0 Å². The molecule has 3 rings (SSSR count). The molecule has 0 aliphatic heterocycles. The quantitative estimate of drug-likeness (QED) is 0.527. The lowest BCUT2D eigenvalue weighted by molar-refractivity contribution is 0.0984. The summed E-state index contributed by atoms with van der Waals surface area (Å²) in [6, 6.07) is 9.40. The highest BCUT2D eigenvalue weighted by Gasteiger charge is 2.25. The van der Waals surface area contributed by atoms with E-state index in [0.717, 1.165) is 5.01 Å². The van der Waals surface area contributed by atoms with Crippen molar-refractivity contribution in [1.82, 2.24) is 9.71 Å². The Hall–Kier alpha value is -2.82. The Labute approximate surface area is 190 Å². The standard InChI is InChI=1S/C22H24FN3O4S2/c1-14(2)25-32(28,29)21-11-16(5-10-20(21)30-4)22(27)26(12-18-13-31-15(3)24-18)19-8-6-17(23)7-9-19/h5-11,13-14,25H,12H2,1-4H3. The highest BCUT2D eigenvalue weighted by molar-refractivity contribution is 7.89. The summed E-state index contributed by atoms with van der Waals surface area (Å²) in [6.45, 7) is 5.41. The number of rotatable bonds is 8. The van der Waals surface area contributed by atoms with E-state index in [2.05, 4.69) is 9.71 Å². The Morgan fingerprint density at radius 1 is 1.22 bits per heavy atom. The van der Waals surface area contributed by atoms with Crippen molar-refractivity contribution >= 4 is 33.0 Å². The van der Waals surface area contributed by atoms with Crippen LogP contribution in [0.1, 0.15) is 34.9 Å². The average molecular weight is 478 g/mol. The van der Waals surface area contributed by atoms with Crippen molar-refractivity contribution in [3.63, 3.8) is 0 Å². The minimum Gasteiger partial charge on any atom is -0.495 e. The van der Waals surface area contributed by atoms with E-state index in [1.54, 1.807) is 13.8 Å². The highest BCUT2D eigenvalue weighted by atomic mass is 32.2. The van der Waals surface area contributed by atoms with Crippen LogP contribution in [0.4, 0.5) is 10.1 Å². The fraction of sp³-hybridized carbons (Fsp3) is 0.273. The fourth-order valence-corrected chi connectivity index (χ4v) is 5.14. The average Bonchev–Trinajstić information content (AvgIpc) is 3.15. The van der Waals surface area contributed by atoms with Crippen LogP contribution in [0.25, 0.3) is 0 Å². The predicted octanol–water partition coefficient (Wildman–Crippen LogP) is 4.13. The molecule has 0 saturated heterocycles. The number of carbonyl (C=O) groups is 1. The highest BCUT2D eigenvalue weighted by Crippen LogP contribution is 2.28. The van der Waals surface area contributed by atoms with Crippen LogP contribution in [0.3, 0.4) is 0 Å². The number of carbonyl (C=O) groups excluding carboxylic acids is 1. The smallest absolute Gasteiger partial charge is 0.258 e. The summed E-state index contributed by atoms with van der Waals surface area (Å²) in [5.74, 6) is -0.757. The van der Waals surface area contributed by atoms with Gasteiger partial charge in [-0.25, -0.2) is 22.5 Å². The first-order valence-corrected chi connectivity index (χ1v) is 12.2. The van der Waals surface area contributed by atoms with E-state index in [-0.39, 0.29) is 28.8 Å². The topological polar surface area (TPSA) is 88.6 Å².